The highest BCUT2D eigenvalue weighted by molar-refractivity contribution is 5.78. The number of carbonyl (C=O) groups excluding carboxylic acids is 1. The third kappa shape index (κ3) is 2.49. The van der Waals surface area contributed by atoms with Crippen LogP contribution in [0.25, 0.3) is 0 Å². The highest BCUT2D eigenvalue weighted by Crippen LogP contribution is 2.17. The summed E-state index contributed by atoms with van der Waals surface area (Å²) in [5.41, 5.74) is 0. The molecule has 0 aromatic heterocycles. The lowest BCUT2D eigenvalue weighted by molar-refractivity contribution is -0.131. The molecule has 4 heteroatoms. The van der Waals surface area contributed by atoms with Gasteiger partial charge in [-0.1, -0.05) is 0 Å². The van der Waals surface area contributed by atoms with Gasteiger partial charge in [-0.15, -0.1) is 0 Å². The molecule has 2 heterocycles. The number of carbonyl (C=O) groups is 1. The number of aliphatic hydroxyl groups excluding tert-OH is 1. The summed E-state index contributed by atoms with van der Waals surface area (Å²) in [4.78, 5) is 15.9. The van der Waals surface area contributed by atoms with Crippen molar-refractivity contribution in [2.75, 3.05) is 32.8 Å². The minimum atomic E-state index is 0.188. The fourth-order valence-corrected chi connectivity index (χ4v) is 2.55. The van der Waals surface area contributed by atoms with Gasteiger partial charge in [0.25, 0.3) is 0 Å². The molecule has 0 spiro atoms. The molecule has 2 saturated heterocycles. The Morgan fingerprint density at radius 3 is 2.60 bits per heavy atom. The van der Waals surface area contributed by atoms with Gasteiger partial charge in [0.05, 0.1) is 13.2 Å². The zero-order valence-corrected chi connectivity index (χ0v) is 9.19. The van der Waals surface area contributed by atoms with Gasteiger partial charge in [-0.05, 0) is 32.2 Å². The van der Waals surface area contributed by atoms with Crippen LogP contribution in [0, 0.1) is 0 Å². The number of amides is 1. The van der Waals surface area contributed by atoms with Crippen LogP contribution in [0.1, 0.15) is 25.7 Å². The molecule has 2 aliphatic heterocycles. The maximum Gasteiger partial charge on any atom is 0.236 e. The van der Waals surface area contributed by atoms with Gasteiger partial charge in [-0.3, -0.25) is 9.69 Å². The molecular formula is C11H20N2O2. The first kappa shape index (κ1) is 10.9. The van der Waals surface area contributed by atoms with E-state index in [9.17, 15) is 4.79 Å². The molecule has 0 saturated carbocycles. The summed E-state index contributed by atoms with van der Waals surface area (Å²) in [6, 6.07) is 0.219. The molecule has 2 fully saturated rings. The predicted octanol–water partition coefficient (Wildman–Crippen LogP) is 0.0655. The van der Waals surface area contributed by atoms with E-state index in [1.54, 1.807) is 0 Å². The Balaban J connectivity index is 1.82. The third-order valence-electron chi connectivity index (χ3n) is 3.51. The average Bonchev–Trinajstić information content (AvgIpc) is 2.87. The number of rotatable bonds is 3. The van der Waals surface area contributed by atoms with Gasteiger partial charge in [0.15, 0.2) is 0 Å². The SMILES string of the molecule is O=C(CN1CCCC1CO)N1CCCC1. The number of hydrogen-bond acceptors (Lipinski definition) is 3. The Hall–Kier alpha value is -0.610. The second kappa shape index (κ2) is 4.94. The summed E-state index contributed by atoms with van der Waals surface area (Å²) in [6.45, 7) is 3.51. The van der Waals surface area contributed by atoms with Gasteiger partial charge >= 0.3 is 0 Å². The number of hydrogen-bond donors (Lipinski definition) is 1. The highest BCUT2D eigenvalue weighted by atomic mass is 16.3. The van der Waals surface area contributed by atoms with E-state index in [1.807, 2.05) is 4.90 Å². The van der Waals surface area contributed by atoms with E-state index in [1.165, 1.54) is 0 Å². The van der Waals surface area contributed by atoms with Crippen molar-refractivity contribution < 1.29 is 9.90 Å². The van der Waals surface area contributed by atoms with E-state index < -0.39 is 0 Å². The lowest BCUT2D eigenvalue weighted by Gasteiger charge is -2.24. The van der Waals surface area contributed by atoms with E-state index >= 15 is 0 Å². The van der Waals surface area contributed by atoms with Crippen LogP contribution < -0.4 is 0 Å². The molecule has 0 aromatic carbocycles. The van der Waals surface area contributed by atoms with Crippen LogP contribution in [0.5, 0.6) is 0 Å². The van der Waals surface area contributed by atoms with Crippen LogP contribution in [0.3, 0.4) is 0 Å². The number of likely N-dealkylation sites (tertiary alicyclic amines) is 2. The molecule has 86 valence electrons. The minimum Gasteiger partial charge on any atom is -0.395 e. The second-order valence-electron chi connectivity index (χ2n) is 4.54. The summed E-state index contributed by atoms with van der Waals surface area (Å²) < 4.78 is 0. The summed E-state index contributed by atoms with van der Waals surface area (Å²) in [5.74, 6) is 0.243. The molecule has 1 N–H and O–H groups in total. The smallest absolute Gasteiger partial charge is 0.236 e. The molecule has 15 heavy (non-hydrogen) atoms. The van der Waals surface area contributed by atoms with Crippen LogP contribution in [-0.2, 0) is 4.79 Å². The molecule has 0 aliphatic carbocycles. The second-order valence-corrected chi connectivity index (χ2v) is 4.54. The van der Waals surface area contributed by atoms with Gasteiger partial charge in [0.1, 0.15) is 0 Å². The number of aliphatic hydroxyl groups is 1. The quantitative estimate of drug-likeness (QED) is 0.720. The van der Waals surface area contributed by atoms with Gasteiger partial charge < -0.3 is 10.0 Å². The normalized spacial score (nSPS) is 27.5. The first-order valence-electron chi connectivity index (χ1n) is 5.94. The van der Waals surface area contributed by atoms with E-state index in [0.29, 0.717) is 6.54 Å². The molecule has 4 nitrogen and oxygen atoms in total. The van der Waals surface area contributed by atoms with Crippen molar-refractivity contribution >= 4 is 5.91 Å². The summed E-state index contributed by atoms with van der Waals surface area (Å²) >= 11 is 0. The molecule has 0 aromatic rings. The van der Waals surface area contributed by atoms with Crippen molar-refractivity contribution in [3.63, 3.8) is 0 Å². The van der Waals surface area contributed by atoms with Crippen LogP contribution in [0.4, 0.5) is 0 Å². The summed E-state index contributed by atoms with van der Waals surface area (Å²) in [5, 5.41) is 9.15. The topological polar surface area (TPSA) is 43.8 Å². The van der Waals surface area contributed by atoms with E-state index in [0.717, 1.165) is 45.3 Å². The van der Waals surface area contributed by atoms with Crippen molar-refractivity contribution in [1.29, 1.82) is 0 Å². The van der Waals surface area contributed by atoms with E-state index in [-0.39, 0.29) is 18.6 Å². The predicted molar refractivity (Wildman–Crippen MR) is 57.5 cm³/mol. The van der Waals surface area contributed by atoms with E-state index in [2.05, 4.69) is 4.90 Å². The first-order valence-corrected chi connectivity index (χ1v) is 5.94. The summed E-state index contributed by atoms with van der Waals surface area (Å²) in [6.07, 6.45) is 4.44. The van der Waals surface area contributed by atoms with Crippen molar-refractivity contribution in [3.8, 4) is 0 Å². The Labute approximate surface area is 90.9 Å². The Bertz CT molecular complexity index is 227. The highest BCUT2D eigenvalue weighted by Gasteiger charge is 2.27. The first-order chi connectivity index (χ1) is 7.31. The largest absolute Gasteiger partial charge is 0.395 e. The van der Waals surface area contributed by atoms with Crippen molar-refractivity contribution in [1.82, 2.24) is 9.80 Å². The lowest BCUT2D eigenvalue weighted by atomic mass is 10.2. The van der Waals surface area contributed by atoms with E-state index in [4.69, 9.17) is 5.11 Å². The zero-order chi connectivity index (χ0) is 10.7. The molecule has 2 rings (SSSR count). The molecule has 1 unspecified atom stereocenters. The monoisotopic (exact) mass is 212 g/mol. The fraction of sp³-hybridized carbons (Fsp3) is 0.909. The van der Waals surface area contributed by atoms with Gasteiger partial charge in [0.2, 0.25) is 5.91 Å². The maximum absolute atomic E-state index is 11.9. The van der Waals surface area contributed by atoms with Gasteiger partial charge in [0, 0.05) is 19.1 Å². The molecule has 1 amide bonds. The van der Waals surface area contributed by atoms with Crippen molar-refractivity contribution in [2.45, 2.75) is 31.7 Å². The molecule has 2 aliphatic rings. The Morgan fingerprint density at radius 2 is 1.93 bits per heavy atom. The lowest BCUT2D eigenvalue weighted by Crippen LogP contribution is -2.42. The van der Waals surface area contributed by atoms with Crippen LogP contribution >= 0.6 is 0 Å². The fourth-order valence-electron chi connectivity index (χ4n) is 2.55. The minimum absolute atomic E-state index is 0.188. The maximum atomic E-state index is 11.9. The van der Waals surface area contributed by atoms with Gasteiger partial charge in [-0.2, -0.15) is 0 Å². The Kier molecular flexibility index (Phi) is 3.59. The number of nitrogens with zero attached hydrogens (tertiary/aromatic N) is 2. The van der Waals surface area contributed by atoms with Crippen molar-refractivity contribution in [3.05, 3.63) is 0 Å². The third-order valence-corrected chi connectivity index (χ3v) is 3.51. The van der Waals surface area contributed by atoms with Crippen LogP contribution in [-0.4, -0.2) is 59.6 Å². The van der Waals surface area contributed by atoms with Crippen molar-refractivity contribution in [2.24, 2.45) is 0 Å². The average molecular weight is 212 g/mol. The van der Waals surface area contributed by atoms with Gasteiger partial charge in [-0.25, -0.2) is 0 Å². The summed E-state index contributed by atoms with van der Waals surface area (Å²) in [7, 11) is 0. The van der Waals surface area contributed by atoms with Crippen LogP contribution in [0.15, 0.2) is 0 Å². The zero-order valence-electron chi connectivity index (χ0n) is 9.19. The van der Waals surface area contributed by atoms with Crippen LogP contribution in [0.2, 0.25) is 0 Å². The molecule has 0 radical (unpaired) electrons. The molecule has 1 atom stereocenters. The molecule has 0 bridgehead atoms. The molecular weight excluding hydrogens is 192 g/mol. The standard InChI is InChI=1S/C11H20N2O2/c14-9-10-4-3-7-13(10)8-11(15)12-5-1-2-6-12/h10,14H,1-9H2. The Morgan fingerprint density at radius 1 is 1.20 bits per heavy atom.